The number of nitrogens with two attached hydrogens (primary N) is 1. The summed E-state index contributed by atoms with van der Waals surface area (Å²) in [5, 5.41) is 19.7. The first-order valence-electron chi connectivity index (χ1n) is 8.44. The molecular formula is C18H27N3O5. The molecule has 0 spiro atoms. The lowest BCUT2D eigenvalue weighted by atomic mass is 10.0. The molecule has 0 aliphatic heterocycles. The van der Waals surface area contributed by atoms with E-state index in [1.165, 1.54) is 12.1 Å². The highest BCUT2D eigenvalue weighted by atomic mass is 16.3. The second kappa shape index (κ2) is 10.8. The number of nitrogens with zero attached hydrogens (tertiary/aromatic N) is 1. The predicted molar refractivity (Wildman–Crippen MR) is 96.0 cm³/mol. The quantitative estimate of drug-likeness (QED) is 0.173. The van der Waals surface area contributed by atoms with Crippen LogP contribution in [0.25, 0.3) is 0 Å². The maximum Gasteiger partial charge on any atom is 0.216 e. The average molecular weight is 365 g/mol. The number of rotatable bonds is 12. The van der Waals surface area contributed by atoms with Gasteiger partial charge in [-0.05, 0) is 36.5 Å². The third kappa shape index (κ3) is 7.40. The van der Waals surface area contributed by atoms with Crippen LogP contribution >= 0.6 is 0 Å². The van der Waals surface area contributed by atoms with Gasteiger partial charge in [0.2, 0.25) is 11.6 Å². The van der Waals surface area contributed by atoms with E-state index in [0.717, 1.165) is 5.01 Å². The molecule has 0 aliphatic rings. The number of hydrogen-bond donors (Lipinski definition) is 4. The van der Waals surface area contributed by atoms with Crippen molar-refractivity contribution < 1.29 is 24.6 Å². The Hall–Kier alpha value is -2.13. The molecule has 0 amide bonds. The fraction of sp³-hybridized carbons (Fsp3) is 0.500. The first-order chi connectivity index (χ1) is 12.3. The van der Waals surface area contributed by atoms with Crippen LogP contribution in [0.4, 0.5) is 0 Å². The summed E-state index contributed by atoms with van der Waals surface area (Å²) < 4.78 is 0. The van der Waals surface area contributed by atoms with Crippen LogP contribution in [0.2, 0.25) is 0 Å². The normalized spacial score (nSPS) is 13.6. The smallest absolute Gasteiger partial charge is 0.216 e. The van der Waals surface area contributed by atoms with Gasteiger partial charge in [0.1, 0.15) is 18.8 Å². The van der Waals surface area contributed by atoms with Crippen molar-refractivity contribution in [3.05, 3.63) is 29.8 Å². The number of ketones is 2. The van der Waals surface area contributed by atoms with E-state index in [1.807, 2.05) is 13.8 Å². The summed E-state index contributed by atoms with van der Waals surface area (Å²) in [6, 6.07) is 4.60. The van der Waals surface area contributed by atoms with Crippen LogP contribution in [-0.4, -0.2) is 58.4 Å². The van der Waals surface area contributed by atoms with Crippen molar-refractivity contribution in [3.8, 4) is 5.75 Å². The first kappa shape index (κ1) is 21.9. The average Bonchev–Trinajstić information content (AvgIpc) is 2.60. The molecule has 0 radical (unpaired) electrons. The lowest BCUT2D eigenvalue weighted by Crippen LogP contribution is -2.51. The fourth-order valence-electron chi connectivity index (χ4n) is 2.45. The van der Waals surface area contributed by atoms with Crippen LogP contribution in [0, 0.1) is 5.92 Å². The molecule has 0 saturated carbocycles. The molecule has 8 nitrogen and oxygen atoms in total. The van der Waals surface area contributed by atoms with Gasteiger partial charge in [0.15, 0.2) is 0 Å². The van der Waals surface area contributed by atoms with Crippen molar-refractivity contribution in [2.24, 2.45) is 11.7 Å². The predicted octanol–water partition coefficient (Wildman–Crippen LogP) is -0.230. The van der Waals surface area contributed by atoms with Gasteiger partial charge in [-0.25, -0.2) is 10.4 Å². The first-order valence-corrected chi connectivity index (χ1v) is 8.44. The highest BCUT2D eigenvalue weighted by Crippen LogP contribution is 2.11. The molecule has 1 rings (SSSR count). The number of aliphatic hydroxyl groups excluding tert-OH is 1. The third-order valence-electron chi connectivity index (χ3n) is 3.75. The van der Waals surface area contributed by atoms with Gasteiger partial charge in [0.25, 0.3) is 0 Å². The molecule has 0 heterocycles. The van der Waals surface area contributed by atoms with Crippen molar-refractivity contribution in [2.45, 2.75) is 38.8 Å². The van der Waals surface area contributed by atoms with E-state index < -0.39 is 30.4 Å². The number of phenolic OH excluding ortho intramolecular Hbond substituents is 1. The number of benzene rings is 1. The van der Waals surface area contributed by atoms with Gasteiger partial charge in [-0.3, -0.25) is 9.59 Å². The van der Waals surface area contributed by atoms with Gasteiger partial charge in [-0.1, -0.05) is 26.0 Å². The van der Waals surface area contributed by atoms with Crippen molar-refractivity contribution in [1.82, 2.24) is 10.4 Å². The van der Waals surface area contributed by atoms with E-state index in [4.69, 9.17) is 5.73 Å². The lowest BCUT2D eigenvalue weighted by Gasteiger charge is -2.24. The molecule has 0 bridgehead atoms. The molecule has 1 aromatic rings. The third-order valence-corrected chi connectivity index (χ3v) is 3.75. The Kier molecular flexibility index (Phi) is 9.08. The number of aromatic hydroxyl groups is 1. The zero-order chi connectivity index (χ0) is 19.7. The molecule has 0 unspecified atom stereocenters. The van der Waals surface area contributed by atoms with E-state index in [2.05, 4.69) is 5.43 Å². The summed E-state index contributed by atoms with van der Waals surface area (Å²) in [4.78, 5) is 35.4. The van der Waals surface area contributed by atoms with Crippen LogP contribution in [0.1, 0.15) is 25.8 Å². The number of aldehydes is 1. The fourth-order valence-corrected chi connectivity index (χ4v) is 2.45. The topological polar surface area (TPSA) is 133 Å². The Morgan fingerprint density at radius 2 is 1.88 bits per heavy atom. The second-order valence-electron chi connectivity index (χ2n) is 6.61. The molecule has 8 heteroatoms. The Morgan fingerprint density at radius 3 is 2.38 bits per heavy atom. The summed E-state index contributed by atoms with van der Waals surface area (Å²) in [7, 11) is 0. The van der Waals surface area contributed by atoms with E-state index in [1.54, 1.807) is 12.1 Å². The van der Waals surface area contributed by atoms with Gasteiger partial charge >= 0.3 is 0 Å². The molecule has 0 aromatic heterocycles. The lowest BCUT2D eigenvalue weighted by molar-refractivity contribution is -0.139. The molecule has 5 N–H and O–H groups in total. The Bertz CT molecular complexity index is 603. The van der Waals surface area contributed by atoms with Crippen LogP contribution in [0.3, 0.4) is 0 Å². The number of carbonyl (C=O) groups excluding carboxylic acids is 3. The maximum atomic E-state index is 12.2. The minimum absolute atomic E-state index is 0.0977. The molecule has 1 aromatic carbocycles. The van der Waals surface area contributed by atoms with E-state index in [0.29, 0.717) is 18.3 Å². The second-order valence-corrected chi connectivity index (χ2v) is 6.61. The monoisotopic (exact) mass is 365 g/mol. The molecule has 0 aliphatic carbocycles. The molecule has 26 heavy (non-hydrogen) atoms. The summed E-state index contributed by atoms with van der Waals surface area (Å²) in [6.45, 7) is 2.96. The van der Waals surface area contributed by atoms with Gasteiger partial charge < -0.3 is 20.7 Å². The number of nitrogens with one attached hydrogen (secondary N) is 1. The number of hydrazine groups is 1. The van der Waals surface area contributed by atoms with Crippen molar-refractivity contribution in [2.75, 3.05) is 13.3 Å². The SMILES string of the molecule is CC(C)C[C@@H](C=O)NN(CO)CC(=O)C(=O)[C@@H](N)Cc1ccc(O)cc1. The van der Waals surface area contributed by atoms with Crippen LogP contribution in [-0.2, 0) is 20.8 Å². The number of hydrogen-bond acceptors (Lipinski definition) is 8. The van der Waals surface area contributed by atoms with Gasteiger partial charge in [0, 0.05) is 0 Å². The largest absolute Gasteiger partial charge is 0.508 e. The van der Waals surface area contributed by atoms with Crippen molar-refractivity contribution in [3.63, 3.8) is 0 Å². The minimum atomic E-state index is -1.02. The summed E-state index contributed by atoms with van der Waals surface area (Å²) in [6.07, 6.45) is 1.38. The van der Waals surface area contributed by atoms with E-state index in [9.17, 15) is 24.6 Å². The number of aliphatic hydroxyl groups is 1. The van der Waals surface area contributed by atoms with Crippen molar-refractivity contribution in [1.29, 1.82) is 0 Å². The molecule has 144 valence electrons. The zero-order valence-electron chi connectivity index (χ0n) is 15.1. The van der Waals surface area contributed by atoms with Gasteiger partial charge in [0.05, 0.1) is 18.6 Å². The van der Waals surface area contributed by atoms with Gasteiger partial charge in [-0.15, -0.1) is 0 Å². The van der Waals surface area contributed by atoms with Crippen LogP contribution in [0.15, 0.2) is 24.3 Å². The summed E-state index contributed by atoms with van der Waals surface area (Å²) in [5.74, 6) is -1.17. The Labute approximate surface area is 153 Å². The Balaban J connectivity index is 2.60. The zero-order valence-corrected chi connectivity index (χ0v) is 15.1. The summed E-state index contributed by atoms with van der Waals surface area (Å²) in [5.41, 5.74) is 9.26. The number of Topliss-reactive ketones (excluding diaryl/α,β-unsaturated/α-hetero) is 2. The highest BCUT2D eigenvalue weighted by Gasteiger charge is 2.25. The van der Waals surface area contributed by atoms with E-state index in [-0.39, 0.29) is 24.6 Å². The molecule has 0 saturated heterocycles. The van der Waals surface area contributed by atoms with E-state index >= 15 is 0 Å². The summed E-state index contributed by atoms with van der Waals surface area (Å²) >= 11 is 0. The molecular weight excluding hydrogens is 338 g/mol. The minimum Gasteiger partial charge on any atom is -0.508 e. The van der Waals surface area contributed by atoms with Crippen LogP contribution < -0.4 is 11.2 Å². The standard InChI is InChI=1S/C18H27N3O5/c1-12(2)7-14(10-22)20-21(11-23)9-17(25)18(26)16(19)8-13-3-5-15(24)6-4-13/h3-6,10,12,14,16,20,23-24H,7-9,11,19H2,1-2H3/t14-,16-/m0/s1. The molecule has 0 fully saturated rings. The Morgan fingerprint density at radius 1 is 1.27 bits per heavy atom. The highest BCUT2D eigenvalue weighted by molar-refractivity contribution is 6.39. The van der Waals surface area contributed by atoms with Gasteiger partial charge in [-0.2, -0.15) is 0 Å². The van der Waals surface area contributed by atoms with Crippen molar-refractivity contribution >= 4 is 17.9 Å². The maximum absolute atomic E-state index is 12.2. The molecule has 2 atom stereocenters. The van der Waals surface area contributed by atoms with Crippen LogP contribution in [0.5, 0.6) is 5.75 Å². The number of phenols is 1. The number of carbonyl (C=O) groups is 3.